The van der Waals surface area contributed by atoms with Gasteiger partial charge in [0.2, 0.25) is 17.7 Å². The van der Waals surface area contributed by atoms with Crippen molar-refractivity contribution in [3.8, 4) is 11.8 Å². The molecular formula is C33H41N5O5. The molecule has 1 N–H and O–H groups in total. The monoisotopic (exact) mass is 587 g/mol. The van der Waals surface area contributed by atoms with Crippen LogP contribution >= 0.6 is 0 Å². The van der Waals surface area contributed by atoms with Gasteiger partial charge in [-0.15, -0.1) is 0 Å². The molecule has 10 heteroatoms. The Morgan fingerprint density at radius 1 is 0.977 bits per heavy atom. The van der Waals surface area contributed by atoms with Crippen molar-refractivity contribution in [2.75, 3.05) is 26.2 Å². The molecule has 228 valence electrons. The third-order valence-electron chi connectivity index (χ3n) is 11.2. The first-order valence-corrected chi connectivity index (χ1v) is 16.2. The van der Waals surface area contributed by atoms with Crippen LogP contribution in [-0.4, -0.2) is 82.7 Å². The molecule has 6 aliphatic rings. The van der Waals surface area contributed by atoms with Gasteiger partial charge in [-0.05, 0) is 93.4 Å². The molecule has 1 unspecified atom stereocenters. The van der Waals surface area contributed by atoms with E-state index in [4.69, 9.17) is 4.74 Å². The molecule has 2 saturated carbocycles. The minimum absolute atomic E-state index is 0.0664. The van der Waals surface area contributed by atoms with Gasteiger partial charge in [0.15, 0.2) is 0 Å². The van der Waals surface area contributed by atoms with Crippen molar-refractivity contribution in [1.82, 2.24) is 20.0 Å². The lowest BCUT2D eigenvalue weighted by Gasteiger charge is -2.52. The number of nitriles is 1. The van der Waals surface area contributed by atoms with E-state index in [2.05, 4.69) is 16.3 Å². The van der Waals surface area contributed by atoms with E-state index in [1.165, 1.54) is 6.42 Å². The fourth-order valence-electron chi connectivity index (χ4n) is 8.33. The molecule has 43 heavy (non-hydrogen) atoms. The van der Waals surface area contributed by atoms with Gasteiger partial charge in [0.1, 0.15) is 23.3 Å². The van der Waals surface area contributed by atoms with Crippen LogP contribution in [0, 0.1) is 28.6 Å². The molecule has 0 radical (unpaired) electrons. The average Bonchev–Trinajstić information content (AvgIpc) is 3.28. The Labute approximate surface area is 252 Å². The van der Waals surface area contributed by atoms with Crippen molar-refractivity contribution in [3.05, 3.63) is 29.3 Å². The Hall–Kier alpha value is -3.45. The number of benzene rings is 1. The molecule has 0 spiro atoms. The molecule has 3 atom stereocenters. The van der Waals surface area contributed by atoms with E-state index in [-0.39, 0.29) is 30.2 Å². The fourth-order valence-corrected chi connectivity index (χ4v) is 8.33. The van der Waals surface area contributed by atoms with Crippen molar-refractivity contribution in [2.45, 2.75) is 95.4 Å². The van der Waals surface area contributed by atoms with Gasteiger partial charge in [0, 0.05) is 50.7 Å². The Kier molecular flexibility index (Phi) is 7.40. The summed E-state index contributed by atoms with van der Waals surface area (Å²) in [7, 11) is 0. The first kappa shape index (κ1) is 28.3. The highest BCUT2D eigenvalue weighted by Gasteiger charge is 2.48. The number of amides is 4. The molecular weight excluding hydrogens is 546 g/mol. The van der Waals surface area contributed by atoms with Crippen molar-refractivity contribution in [3.63, 3.8) is 0 Å². The lowest BCUT2D eigenvalue weighted by atomic mass is 9.68. The summed E-state index contributed by atoms with van der Waals surface area (Å²) in [5.41, 5.74) is 0.731. The second kappa shape index (κ2) is 11.2. The third kappa shape index (κ3) is 5.09. The maximum absolute atomic E-state index is 13.1. The Balaban J connectivity index is 0.930. The molecule has 1 aromatic rings. The third-order valence-corrected chi connectivity index (χ3v) is 11.2. The number of nitrogens with zero attached hydrogens (tertiary/aromatic N) is 4. The number of piperidine rings is 2. The van der Waals surface area contributed by atoms with E-state index in [0.717, 1.165) is 88.9 Å². The zero-order chi connectivity index (χ0) is 29.7. The van der Waals surface area contributed by atoms with Gasteiger partial charge < -0.3 is 14.5 Å². The molecule has 0 bridgehead atoms. The predicted molar refractivity (Wildman–Crippen MR) is 155 cm³/mol. The van der Waals surface area contributed by atoms with Gasteiger partial charge in [0.25, 0.3) is 5.91 Å². The largest absolute Gasteiger partial charge is 0.489 e. The number of likely N-dealkylation sites (tertiary alicyclic amines) is 2. The summed E-state index contributed by atoms with van der Waals surface area (Å²) in [6.07, 6.45) is 9.63. The number of carbonyl (C=O) groups excluding carboxylic acids is 4. The molecule has 0 aromatic heterocycles. The van der Waals surface area contributed by atoms with Crippen LogP contribution in [0.15, 0.2) is 18.2 Å². The Morgan fingerprint density at radius 2 is 1.74 bits per heavy atom. The van der Waals surface area contributed by atoms with Crippen molar-refractivity contribution in [1.29, 1.82) is 5.26 Å². The SMILES string of the molecule is N#CC1(C(=O)N2CCC(C3CN([C@@H]4CCCC[C@@H]4Oc4ccc5c(c4)CN(C4CCC(=O)NC4=O)C5=O)C3)CC2)CCC1. The molecule has 5 fully saturated rings. The lowest BCUT2D eigenvalue weighted by Crippen LogP contribution is -2.60. The molecule has 10 nitrogen and oxygen atoms in total. The number of hydrogen-bond acceptors (Lipinski definition) is 7. The van der Waals surface area contributed by atoms with E-state index >= 15 is 0 Å². The Morgan fingerprint density at radius 3 is 2.44 bits per heavy atom. The second-order valence-electron chi connectivity index (χ2n) is 13.6. The smallest absolute Gasteiger partial charge is 0.255 e. The molecule has 4 aliphatic heterocycles. The number of ether oxygens (including phenoxy) is 1. The number of fused-ring (bicyclic) bond motifs is 1. The topological polar surface area (TPSA) is 123 Å². The van der Waals surface area contributed by atoms with Crippen molar-refractivity contribution in [2.24, 2.45) is 17.3 Å². The number of carbonyl (C=O) groups is 4. The first-order chi connectivity index (χ1) is 20.8. The van der Waals surface area contributed by atoms with Gasteiger partial charge in [0.05, 0.1) is 6.07 Å². The Bertz CT molecular complexity index is 1350. The van der Waals surface area contributed by atoms with E-state index in [0.29, 0.717) is 36.4 Å². The standard InChI is InChI=1S/C33H41N5O5/c34-20-33(12-3-13-33)32(42)36-14-10-21(11-15-36)23-17-37(18-23)26-4-1-2-5-28(26)43-24-6-7-25-22(16-24)19-38(31(25)41)27-8-9-29(39)35-30(27)40/h6-7,16,21,23,26-28H,1-5,8-15,17-19H2,(H,35,39,40)/t26-,27?,28+/m1/s1. The number of nitrogens with one attached hydrogen (secondary N) is 1. The normalized spacial score (nSPS) is 29.7. The summed E-state index contributed by atoms with van der Waals surface area (Å²) in [4.78, 5) is 56.1. The van der Waals surface area contributed by atoms with Gasteiger partial charge in [-0.1, -0.05) is 6.42 Å². The highest BCUT2D eigenvalue weighted by molar-refractivity contribution is 6.05. The summed E-state index contributed by atoms with van der Waals surface area (Å²) < 4.78 is 6.62. The molecule has 4 heterocycles. The van der Waals surface area contributed by atoms with E-state index in [9.17, 15) is 24.4 Å². The number of imide groups is 1. The highest BCUT2D eigenvalue weighted by atomic mass is 16.5. The maximum Gasteiger partial charge on any atom is 0.255 e. The fraction of sp³-hybridized carbons (Fsp3) is 0.667. The summed E-state index contributed by atoms with van der Waals surface area (Å²) in [5.74, 6) is 1.27. The zero-order valence-corrected chi connectivity index (χ0v) is 24.8. The second-order valence-corrected chi connectivity index (χ2v) is 13.6. The molecule has 4 amide bonds. The van der Waals surface area contributed by atoms with Crippen LogP contribution in [0.1, 0.15) is 86.6 Å². The van der Waals surface area contributed by atoms with Gasteiger partial charge in [-0.3, -0.25) is 29.4 Å². The molecule has 3 saturated heterocycles. The van der Waals surface area contributed by atoms with Gasteiger partial charge >= 0.3 is 0 Å². The van der Waals surface area contributed by atoms with E-state index in [1.54, 1.807) is 4.90 Å². The summed E-state index contributed by atoms with van der Waals surface area (Å²) in [5, 5.41) is 11.9. The molecule has 2 aliphatic carbocycles. The summed E-state index contributed by atoms with van der Waals surface area (Å²) in [6.45, 7) is 4.05. The van der Waals surface area contributed by atoms with Crippen LogP contribution in [0.3, 0.4) is 0 Å². The van der Waals surface area contributed by atoms with Crippen LogP contribution in [0.2, 0.25) is 0 Å². The van der Waals surface area contributed by atoms with Crippen LogP contribution < -0.4 is 10.1 Å². The average molecular weight is 588 g/mol. The van der Waals surface area contributed by atoms with Gasteiger partial charge in [-0.2, -0.15) is 5.26 Å². The predicted octanol–water partition coefficient (Wildman–Crippen LogP) is 3.00. The maximum atomic E-state index is 13.1. The van der Waals surface area contributed by atoms with Crippen LogP contribution in [0.4, 0.5) is 0 Å². The van der Waals surface area contributed by atoms with Crippen molar-refractivity contribution < 1.29 is 23.9 Å². The quantitative estimate of drug-likeness (QED) is 0.508. The zero-order valence-electron chi connectivity index (χ0n) is 24.8. The van der Waals surface area contributed by atoms with Crippen LogP contribution in [0.25, 0.3) is 0 Å². The number of hydrogen-bond donors (Lipinski definition) is 1. The minimum atomic E-state index is -0.739. The summed E-state index contributed by atoms with van der Waals surface area (Å²) >= 11 is 0. The lowest BCUT2D eigenvalue weighted by molar-refractivity contribution is -0.145. The minimum Gasteiger partial charge on any atom is -0.489 e. The molecule has 1 aromatic carbocycles. The summed E-state index contributed by atoms with van der Waals surface area (Å²) in [6, 6.07) is 7.72. The highest BCUT2D eigenvalue weighted by Crippen LogP contribution is 2.43. The van der Waals surface area contributed by atoms with Gasteiger partial charge in [-0.25, -0.2) is 0 Å². The number of rotatable bonds is 6. The van der Waals surface area contributed by atoms with E-state index in [1.807, 2.05) is 23.1 Å². The van der Waals surface area contributed by atoms with Crippen LogP contribution in [-0.2, 0) is 20.9 Å². The molecule has 7 rings (SSSR count). The van der Waals surface area contributed by atoms with Crippen LogP contribution in [0.5, 0.6) is 5.75 Å². The van der Waals surface area contributed by atoms with E-state index < -0.39 is 17.4 Å². The van der Waals surface area contributed by atoms with Crippen molar-refractivity contribution >= 4 is 23.6 Å². The first-order valence-electron chi connectivity index (χ1n) is 16.2.